The molecule has 164 valence electrons. The van der Waals surface area contributed by atoms with Gasteiger partial charge in [0.1, 0.15) is 17.3 Å². The summed E-state index contributed by atoms with van der Waals surface area (Å²) in [6.45, 7) is 4.25. The number of hydrogen-bond donors (Lipinski definition) is 1. The molecule has 1 N–H and O–H groups in total. The molecule has 8 nitrogen and oxygen atoms in total. The van der Waals surface area contributed by atoms with Gasteiger partial charge in [0.05, 0.1) is 7.11 Å². The summed E-state index contributed by atoms with van der Waals surface area (Å²) in [5, 5.41) is 7.80. The number of carbonyl (C=O) groups excluding carboxylic acids is 1. The Morgan fingerprint density at radius 1 is 1.16 bits per heavy atom. The van der Waals surface area contributed by atoms with Gasteiger partial charge >= 0.3 is 5.69 Å². The lowest BCUT2D eigenvalue weighted by Crippen LogP contribution is -2.32. The average molecular weight is 450 g/mol. The van der Waals surface area contributed by atoms with Crippen LogP contribution >= 0.6 is 11.8 Å². The summed E-state index contributed by atoms with van der Waals surface area (Å²) < 4.78 is 7.70. The third-order valence-corrected chi connectivity index (χ3v) is 6.11. The van der Waals surface area contributed by atoms with Gasteiger partial charge in [0.2, 0.25) is 5.91 Å². The van der Waals surface area contributed by atoms with Gasteiger partial charge in [0, 0.05) is 23.8 Å². The third kappa shape index (κ3) is 4.67. The van der Waals surface area contributed by atoms with E-state index < -0.39 is 0 Å². The Hall–Kier alpha value is -3.59. The molecule has 0 aliphatic heterocycles. The molecule has 0 saturated carbocycles. The first kappa shape index (κ1) is 21.6. The SMILES string of the molecule is COc1ccc(CNC(=O)Cn2nc3c(Sc4ccc(C)cc4C)nccn3c2=O)cc1. The molecule has 0 saturated heterocycles. The number of ether oxygens (including phenoxy) is 1. The van der Waals surface area contributed by atoms with Crippen molar-refractivity contribution in [1.82, 2.24) is 24.5 Å². The van der Waals surface area contributed by atoms with Crippen LogP contribution in [0, 0.1) is 13.8 Å². The monoisotopic (exact) mass is 449 g/mol. The van der Waals surface area contributed by atoms with Crippen molar-refractivity contribution in [3.8, 4) is 5.75 Å². The molecule has 1 amide bonds. The topological polar surface area (TPSA) is 90.5 Å². The minimum atomic E-state index is -0.385. The van der Waals surface area contributed by atoms with Crippen molar-refractivity contribution in [2.45, 2.75) is 36.9 Å². The number of aryl methyl sites for hydroxylation is 2. The minimum Gasteiger partial charge on any atom is -0.497 e. The summed E-state index contributed by atoms with van der Waals surface area (Å²) in [6.07, 6.45) is 3.12. The fraction of sp³-hybridized carbons (Fsp3) is 0.217. The summed E-state index contributed by atoms with van der Waals surface area (Å²) >= 11 is 1.45. The lowest BCUT2D eigenvalue weighted by atomic mass is 10.2. The normalized spacial score (nSPS) is 11.0. The minimum absolute atomic E-state index is 0.176. The molecule has 0 fully saturated rings. The van der Waals surface area contributed by atoms with Crippen LogP contribution in [0.3, 0.4) is 0 Å². The number of carbonyl (C=O) groups is 1. The maximum Gasteiger partial charge on any atom is 0.350 e. The van der Waals surface area contributed by atoms with Crippen molar-refractivity contribution in [2.75, 3.05) is 7.11 Å². The summed E-state index contributed by atoms with van der Waals surface area (Å²) in [5.41, 5.74) is 3.27. The number of nitrogens with zero attached hydrogens (tertiary/aromatic N) is 4. The number of benzene rings is 2. The molecule has 2 heterocycles. The van der Waals surface area contributed by atoms with Gasteiger partial charge in [-0.2, -0.15) is 0 Å². The number of fused-ring (bicyclic) bond motifs is 1. The van der Waals surface area contributed by atoms with Gasteiger partial charge in [-0.05, 0) is 43.2 Å². The summed E-state index contributed by atoms with van der Waals surface area (Å²) in [4.78, 5) is 30.6. The number of rotatable bonds is 7. The van der Waals surface area contributed by atoms with Gasteiger partial charge in [-0.15, -0.1) is 5.10 Å². The van der Waals surface area contributed by atoms with Crippen molar-refractivity contribution in [3.63, 3.8) is 0 Å². The van der Waals surface area contributed by atoms with E-state index in [0.717, 1.165) is 26.5 Å². The van der Waals surface area contributed by atoms with Crippen LogP contribution in [0.5, 0.6) is 5.75 Å². The van der Waals surface area contributed by atoms with Gasteiger partial charge in [0.25, 0.3) is 0 Å². The molecule has 0 radical (unpaired) electrons. The van der Waals surface area contributed by atoms with Crippen molar-refractivity contribution < 1.29 is 9.53 Å². The molecule has 0 aliphatic carbocycles. The van der Waals surface area contributed by atoms with E-state index >= 15 is 0 Å². The number of hydrogen-bond acceptors (Lipinski definition) is 6. The maximum absolute atomic E-state index is 12.8. The van der Waals surface area contributed by atoms with E-state index in [0.29, 0.717) is 17.2 Å². The highest BCUT2D eigenvalue weighted by molar-refractivity contribution is 7.99. The Bertz CT molecular complexity index is 1330. The van der Waals surface area contributed by atoms with E-state index in [-0.39, 0.29) is 18.1 Å². The fourth-order valence-electron chi connectivity index (χ4n) is 3.25. The van der Waals surface area contributed by atoms with Gasteiger partial charge in [-0.3, -0.25) is 4.79 Å². The molecule has 0 bridgehead atoms. The van der Waals surface area contributed by atoms with E-state index in [1.54, 1.807) is 19.5 Å². The Labute approximate surface area is 189 Å². The summed E-state index contributed by atoms with van der Waals surface area (Å²) in [7, 11) is 1.60. The zero-order chi connectivity index (χ0) is 22.7. The third-order valence-electron chi connectivity index (χ3n) is 4.95. The predicted molar refractivity (Wildman–Crippen MR) is 122 cm³/mol. The Morgan fingerprint density at radius 3 is 2.66 bits per heavy atom. The van der Waals surface area contributed by atoms with Crippen molar-refractivity contribution in [1.29, 1.82) is 0 Å². The Balaban J connectivity index is 1.50. The summed E-state index contributed by atoms with van der Waals surface area (Å²) in [6, 6.07) is 13.6. The molecular weight excluding hydrogens is 426 g/mol. The van der Waals surface area contributed by atoms with E-state index in [2.05, 4.69) is 21.5 Å². The number of amides is 1. The van der Waals surface area contributed by atoms with Gasteiger partial charge in [-0.25, -0.2) is 18.9 Å². The Morgan fingerprint density at radius 2 is 1.94 bits per heavy atom. The predicted octanol–water partition coefficient (Wildman–Crippen LogP) is 2.98. The van der Waals surface area contributed by atoms with E-state index in [1.807, 2.05) is 50.2 Å². The van der Waals surface area contributed by atoms with Gasteiger partial charge in [0.15, 0.2) is 5.65 Å². The molecular formula is C23H23N5O3S. The number of nitrogens with one attached hydrogen (secondary N) is 1. The molecule has 0 spiro atoms. The van der Waals surface area contributed by atoms with Gasteiger partial charge < -0.3 is 10.1 Å². The molecule has 4 rings (SSSR count). The van der Waals surface area contributed by atoms with Crippen LogP contribution in [-0.2, 0) is 17.9 Å². The quantitative estimate of drug-likeness (QED) is 0.467. The first-order chi connectivity index (χ1) is 15.4. The maximum atomic E-state index is 12.8. The van der Waals surface area contributed by atoms with Crippen LogP contribution < -0.4 is 15.7 Å². The lowest BCUT2D eigenvalue weighted by molar-refractivity contribution is -0.122. The molecule has 4 aromatic rings. The van der Waals surface area contributed by atoms with Crippen LogP contribution in [-0.4, -0.2) is 32.2 Å². The second-order valence-corrected chi connectivity index (χ2v) is 8.39. The molecule has 0 aliphatic rings. The standard InChI is InChI=1S/C23H23N5O3S/c1-15-4-9-19(16(2)12-15)32-22-21-26-28(23(30)27(21)11-10-24-22)14-20(29)25-13-17-5-7-18(31-3)8-6-17/h4-12H,13-14H2,1-3H3,(H,25,29). The molecule has 2 aromatic carbocycles. The summed E-state index contributed by atoms with van der Waals surface area (Å²) in [5.74, 6) is 0.447. The molecule has 2 aromatic heterocycles. The smallest absolute Gasteiger partial charge is 0.350 e. The second kappa shape index (κ2) is 9.27. The van der Waals surface area contributed by atoms with E-state index in [1.165, 1.54) is 21.7 Å². The van der Waals surface area contributed by atoms with Crippen molar-refractivity contribution in [2.24, 2.45) is 0 Å². The largest absolute Gasteiger partial charge is 0.497 e. The Kier molecular flexibility index (Phi) is 6.27. The average Bonchev–Trinajstić information content (AvgIpc) is 3.11. The number of methoxy groups -OCH3 is 1. The van der Waals surface area contributed by atoms with Gasteiger partial charge in [-0.1, -0.05) is 41.6 Å². The molecule has 9 heteroatoms. The van der Waals surface area contributed by atoms with Crippen LogP contribution in [0.1, 0.15) is 16.7 Å². The first-order valence-electron chi connectivity index (χ1n) is 10.0. The highest BCUT2D eigenvalue weighted by atomic mass is 32.2. The highest BCUT2D eigenvalue weighted by Crippen LogP contribution is 2.30. The lowest BCUT2D eigenvalue weighted by Gasteiger charge is -2.06. The zero-order valence-corrected chi connectivity index (χ0v) is 18.8. The van der Waals surface area contributed by atoms with Crippen molar-refractivity contribution >= 4 is 23.3 Å². The first-order valence-corrected chi connectivity index (χ1v) is 10.8. The highest BCUT2D eigenvalue weighted by Gasteiger charge is 2.15. The number of aromatic nitrogens is 4. The molecule has 32 heavy (non-hydrogen) atoms. The second-order valence-electron chi connectivity index (χ2n) is 7.36. The van der Waals surface area contributed by atoms with Crippen LogP contribution in [0.4, 0.5) is 0 Å². The van der Waals surface area contributed by atoms with Crippen LogP contribution in [0.25, 0.3) is 5.65 Å². The zero-order valence-electron chi connectivity index (χ0n) is 18.0. The van der Waals surface area contributed by atoms with Crippen LogP contribution in [0.15, 0.2) is 69.6 Å². The van der Waals surface area contributed by atoms with E-state index in [9.17, 15) is 9.59 Å². The fourth-order valence-corrected chi connectivity index (χ4v) is 4.16. The van der Waals surface area contributed by atoms with E-state index in [4.69, 9.17) is 4.74 Å². The van der Waals surface area contributed by atoms with Crippen molar-refractivity contribution in [3.05, 3.63) is 82.0 Å². The van der Waals surface area contributed by atoms with Crippen LogP contribution in [0.2, 0.25) is 0 Å². The molecule has 0 atom stereocenters. The molecule has 0 unspecified atom stereocenters.